The fraction of sp³-hybridized carbons (Fsp3) is 0.211. The lowest BCUT2D eigenvalue weighted by Gasteiger charge is -2.09. The number of carbonyl (C=O) groups is 1. The van der Waals surface area contributed by atoms with Crippen LogP contribution in [0.15, 0.2) is 53.7 Å². The van der Waals surface area contributed by atoms with Crippen LogP contribution in [0.3, 0.4) is 0 Å². The second-order valence-electron chi connectivity index (χ2n) is 5.78. The largest absolute Gasteiger partial charge is 0.323 e. The number of nitrogens with zero attached hydrogens (tertiary/aromatic N) is 3. The van der Waals surface area contributed by atoms with Crippen molar-refractivity contribution in [2.24, 2.45) is 0 Å². The van der Waals surface area contributed by atoms with Crippen molar-refractivity contribution in [1.29, 1.82) is 0 Å². The predicted octanol–water partition coefficient (Wildman–Crippen LogP) is 4.88. The summed E-state index contributed by atoms with van der Waals surface area (Å²) in [5.74, 6) is 0.0707. The van der Waals surface area contributed by atoms with Crippen molar-refractivity contribution < 1.29 is 9.18 Å². The third-order valence-corrected chi connectivity index (χ3v) is 4.97. The van der Waals surface area contributed by atoms with Crippen molar-refractivity contribution in [1.82, 2.24) is 14.8 Å². The molecule has 0 aliphatic heterocycles. The zero-order chi connectivity index (χ0) is 19.2. The van der Waals surface area contributed by atoms with E-state index in [-0.39, 0.29) is 17.3 Å². The molecule has 0 fully saturated rings. The first-order valence-electron chi connectivity index (χ1n) is 8.44. The molecule has 0 aliphatic carbocycles. The molecule has 0 aliphatic rings. The molecule has 0 saturated heterocycles. The van der Waals surface area contributed by atoms with Crippen molar-refractivity contribution in [3.8, 4) is 11.4 Å². The van der Waals surface area contributed by atoms with E-state index in [1.165, 1.54) is 23.9 Å². The molecule has 0 bridgehead atoms. The molecule has 1 amide bonds. The normalized spacial score (nSPS) is 10.8. The van der Waals surface area contributed by atoms with E-state index < -0.39 is 5.82 Å². The average molecular weight is 405 g/mol. The van der Waals surface area contributed by atoms with E-state index >= 15 is 0 Å². The summed E-state index contributed by atoms with van der Waals surface area (Å²) in [4.78, 5) is 12.2. The zero-order valence-electron chi connectivity index (χ0n) is 14.7. The Kier molecular flexibility index (Phi) is 6.47. The number of halogens is 2. The van der Waals surface area contributed by atoms with Gasteiger partial charge in [-0.15, -0.1) is 10.2 Å². The Bertz CT molecular complexity index is 930. The van der Waals surface area contributed by atoms with Crippen LogP contribution >= 0.6 is 23.4 Å². The number of para-hydroxylation sites is 1. The number of benzene rings is 2. The molecule has 0 spiro atoms. The summed E-state index contributed by atoms with van der Waals surface area (Å²) in [5.41, 5.74) is 1.07. The third-order valence-electron chi connectivity index (χ3n) is 3.75. The lowest BCUT2D eigenvalue weighted by atomic mass is 10.2. The summed E-state index contributed by atoms with van der Waals surface area (Å²) >= 11 is 7.22. The van der Waals surface area contributed by atoms with Crippen LogP contribution in [0.2, 0.25) is 5.02 Å². The Morgan fingerprint density at radius 1 is 1.19 bits per heavy atom. The molecule has 0 radical (unpaired) electrons. The number of hydrogen-bond donors (Lipinski definition) is 1. The van der Waals surface area contributed by atoms with Crippen LogP contribution in [0.25, 0.3) is 11.4 Å². The summed E-state index contributed by atoms with van der Waals surface area (Å²) in [6.07, 6.45) is 0.896. The quantitative estimate of drug-likeness (QED) is 0.570. The molecule has 0 atom stereocenters. The zero-order valence-corrected chi connectivity index (χ0v) is 16.2. The molecule has 5 nitrogen and oxygen atoms in total. The molecule has 0 saturated carbocycles. The summed E-state index contributed by atoms with van der Waals surface area (Å²) < 4.78 is 15.6. The summed E-state index contributed by atoms with van der Waals surface area (Å²) in [6, 6.07) is 13.4. The van der Waals surface area contributed by atoms with Crippen LogP contribution in [0.5, 0.6) is 0 Å². The Balaban J connectivity index is 1.72. The van der Waals surface area contributed by atoms with Gasteiger partial charge in [-0.25, -0.2) is 4.39 Å². The van der Waals surface area contributed by atoms with E-state index in [1.54, 1.807) is 24.3 Å². The molecule has 27 heavy (non-hydrogen) atoms. The van der Waals surface area contributed by atoms with Gasteiger partial charge in [0.15, 0.2) is 11.0 Å². The lowest BCUT2D eigenvalue weighted by Crippen LogP contribution is -2.15. The third kappa shape index (κ3) is 4.87. The Hall–Kier alpha value is -2.38. The molecular formula is C19H18ClFN4OS. The Labute approximate surface area is 166 Å². The number of amides is 1. The second-order valence-corrected chi connectivity index (χ2v) is 7.16. The first-order valence-corrected chi connectivity index (χ1v) is 9.81. The molecule has 3 aromatic rings. The monoisotopic (exact) mass is 404 g/mol. The predicted molar refractivity (Wildman–Crippen MR) is 107 cm³/mol. The van der Waals surface area contributed by atoms with Gasteiger partial charge >= 0.3 is 0 Å². The summed E-state index contributed by atoms with van der Waals surface area (Å²) in [5, 5.41) is 12.4. The Morgan fingerprint density at radius 3 is 2.63 bits per heavy atom. The lowest BCUT2D eigenvalue weighted by molar-refractivity contribution is -0.113. The number of carbonyl (C=O) groups excluding carboxylic acids is 1. The highest BCUT2D eigenvalue weighted by atomic mass is 35.5. The van der Waals surface area contributed by atoms with Gasteiger partial charge in [0.1, 0.15) is 5.82 Å². The maximum absolute atomic E-state index is 13.6. The highest BCUT2D eigenvalue weighted by Gasteiger charge is 2.15. The first-order chi connectivity index (χ1) is 13.1. The summed E-state index contributed by atoms with van der Waals surface area (Å²) in [7, 11) is 0. The molecule has 1 aromatic heterocycles. The van der Waals surface area contributed by atoms with Gasteiger partial charge in [-0.05, 0) is 42.8 Å². The van der Waals surface area contributed by atoms with E-state index in [9.17, 15) is 9.18 Å². The minimum atomic E-state index is -0.463. The highest BCUT2D eigenvalue weighted by molar-refractivity contribution is 7.99. The van der Waals surface area contributed by atoms with Crippen LogP contribution in [-0.2, 0) is 11.3 Å². The fourth-order valence-electron chi connectivity index (χ4n) is 2.51. The highest BCUT2D eigenvalue weighted by Crippen LogP contribution is 2.25. The van der Waals surface area contributed by atoms with Crippen molar-refractivity contribution in [3.63, 3.8) is 0 Å². The van der Waals surface area contributed by atoms with Crippen molar-refractivity contribution >= 4 is 35.0 Å². The SMILES string of the molecule is CCCn1c(SCC(=O)Nc2ccccc2F)nnc1-c1ccc(Cl)cc1. The number of hydrogen-bond acceptors (Lipinski definition) is 4. The first kappa shape index (κ1) is 19.4. The minimum Gasteiger partial charge on any atom is -0.323 e. The maximum atomic E-state index is 13.6. The van der Waals surface area contributed by atoms with Gasteiger partial charge in [-0.2, -0.15) is 0 Å². The van der Waals surface area contributed by atoms with Crippen LogP contribution in [0, 0.1) is 5.82 Å². The average Bonchev–Trinajstić information content (AvgIpc) is 3.06. The van der Waals surface area contributed by atoms with Gasteiger partial charge in [0.2, 0.25) is 5.91 Å². The van der Waals surface area contributed by atoms with Crippen LogP contribution in [0.1, 0.15) is 13.3 Å². The number of anilines is 1. The van der Waals surface area contributed by atoms with E-state index in [0.717, 1.165) is 24.4 Å². The van der Waals surface area contributed by atoms with E-state index in [4.69, 9.17) is 11.6 Å². The molecule has 140 valence electrons. The number of nitrogens with one attached hydrogen (secondary N) is 1. The molecule has 1 heterocycles. The number of rotatable bonds is 7. The Morgan fingerprint density at radius 2 is 1.93 bits per heavy atom. The fourth-order valence-corrected chi connectivity index (χ4v) is 3.40. The topological polar surface area (TPSA) is 59.8 Å². The van der Waals surface area contributed by atoms with Gasteiger partial charge < -0.3 is 9.88 Å². The molecule has 1 N–H and O–H groups in total. The van der Waals surface area contributed by atoms with Gasteiger partial charge in [-0.1, -0.05) is 42.4 Å². The number of thioether (sulfide) groups is 1. The van der Waals surface area contributed by atoms with Crippen LogP contribution < -0.4 is 5.32 Å². The molecule has 0 unspecified atom stereocenters. The molecular weight excluding hydrogens is 387 g/mol. The molecule has 8 heteroatoms. The second kappa shape index (κ2) is 9.01. The van der Waals surface area contributed by atoms with E-state index in [0.29, 0.717) is 10.2 Å². The van der Waals surface area contributed by atoms with E-state index in [2.05, 4.69) is 22.4 Å². The maximum Gasteiger partial charge on any atom is 0.234 e. The van der Waals surface area contributed by atoms with Crippen molar-refractivity contribution in [3.05, 3.63) is 59.4 Å². The van der Waals surface area contributed by atoms with Crippen LogP contribution in [-0.4, -0.2) is 26.4 Å². The standard InChI is InChI=1S/C19H18ClFN4OS/c1-2-11-25-18(13-7-9-14(20)10-8-13)23-24-19(25)27-12-17(26)22-16-6-4-3-5-15(16)21/h3-10H,2,11-12H2,1H3,(H,22,26). The van der Waals surface area contributed by atoms with Gasteiger partial charge in [-0.3, -0.25) is 4.79 Å². The number of aromatic nitrogens is 3. The minimum absolute atomic E-state index is 0.108. The van der Waals surface area contributed by atoms with Gasteiger partial charge in [0, 0.05) is 17.1 Å². The smallest absolute Gasteiger partial charge is 0.234 e. The van der Waals surface area contributed by atoms with Crippen LogP contribution in [0.4, 0.5) is 10.1 Å². The molecule has 3 rings (SSSR count). The molecule has 2 aromatic carbocycles. The van der Waals surface area contributed by atoms with Crippen molar-refractivity contribution in [2.45, 2.75) is 25.0 Å². The van der Waals surface area contributed by atoms with Gasteiger partial charge in [0.25, 0.3) is 0 Å². The van der Waals surface area contributed by atoms with Gasteiger partial charge in [0.05, 0.1) is 11.4 Å². The van der Waals surface area contributed by atoms with E-state index in [1.807, 2.05) is 16.7 Å². The summed E-state index contributed by atoms with van der Waals surface area (Å²) in [6.45, 7) is 2.78. The van der Waals surface area contributed by atoms with Crippen molar-refractivity contribution in [2.75, 3.05) is 11.1 Å².